The number of rotatable bonds is 6. The van der Waals surface area contributed by atoms with Crippen LogP contribution in [-0.2, 0) is 13.1 Å². The summed E-state index contributed by atoms with van der Waals surface area (Å²) in [5.74, 6) is -0.363. The molecule has 0 fully saturated rings. The van der Waals surface area contributed by atoms with Crippen LogP contribution < -0.4 is 10.6 Å². The molecule has 4 rings (SSSR count). The molecule has 4 aromatic rings. The molecule has 2 heterocycles. The summed E-state index contributed by atoms with van der Waals surface area (Å²) in [5, 5.41) is 16.0. The Balaban J connectivity index is 1.41. The largest absolute Gasteiger partial charge is 0.330 e. The molecular weight excluding hydrogens is 447 g/mol. The number of aromatic nitrogens is 4. The molecule has 0 spiro atoms. The minimum Gasteiger partial charge on any atom is -0.330 e. The lowest BCUT2D eigenvalue weighted by Crippen LogP contribution is -2.19. The van der Waals surface area contributed by atoms with E-state index >= 15 is 0 Å². The summed E-state index contributed by atoms with van der Waals surface area (Å²) in [6.45, 7) is 4.85. The van der Waals surface area contributed by atoms with Crippen molar-refractivity contribution >= 4 is 40.3 Å². The second-order valence-electron chi connectivity index (χ2n) is 7.39. The zero-order chi connectivity index (χ0) is 22.7. The van der Waals surface area contributed by atoms with Crippen LogP contribution in [0.4, 0.5) is 15.8 Å². The Hall–Kier alpha value is -3.23. The zero-order valence-corrected chi connectivity index (χ0v) is 19.2. The van der Waals surface area contributed by atoms with Gasteiger partial charge in [-0.2, -0.15) is 10.2 Å². The van der Waals surface area contributed by atoms with Crippen LogP contribution >= 0.6 is 23.8 Å². The smallest absolute Gasteiger partial charge is 0.175 e. The number of halogens is 2. The summed E-state index contributed by atoms with van der Waals surface area (Å²) >= 11 is 11.6. The molecule has 0 atom stereocenters. The van der Waals surface area contributed by atoms with Crippen LogP contribution in [0.25, 0.3) is 0 Å². The van der Waals surface area contributed by atoms with E-state index in [1.54, 1.807) is 29.2 Å². The van der Waals surface area contributed by atoms with E-state index in [9.17, 15) is 4.39 Å². The third kappa shape index (κ3) is 4.98. The van der Waals surface area contributed by atoms with Gasteiger partial charge in [0.15, 0.2) is 5.11 Å². The van der Waals surface area contributed by atoms with Crippen molar-refractivity contribution in [2.75, 3.05) is 10.6 Å². The number of nitrogens with zero attached hydrogens (tertiary/aromatic N) is 4. The van der Waals surface area contributed by atoms with Crippen molar-refractivity contribution in [1.82, 2.24) is 19.6 Å². The normalized spacial score (nSPS) is 10.9. The van der Waals surface area contributed by atoms with Crippen molar-refractivity contribution in [3.05, 3.63) is 94.3 Å². The number of anilines is 2. The fourth-order valence-corrected chi connectivity index (χ4v) is 3.87. The van der Waals surface area contributed by atoms with Gasteiger partial charge in [0.25, 0.3) is 0 Å². The summed E-state index contributed by atoms with van der Waals surface area (Å²) < 4.78 is 17.6. The van der Waals surface area contributed by atoms with Crippen molar-refractivity contribution in [2.45, 2.75) is 26.9 Å². The molecular formula is C23H22ClFN6S. The number of hydrogen-bond acceptors (Lipinski definition) is 3. The van der Waals surface area contributed by atoms with Crippen molar-refractivity contribution in [1.29, 1.82) is 0 Å². The van der Waals surface area contributed by atoms with Gasteiger partial charge in [-0.3, -0.25) is 9.36 Å². The Morgan fingerprint density at radius 1 is 1.06 bits per heavy atom. The van der Waals surface area contributed by atoms with Crippen LogP contribution in [0.15, 0.2) is 60.9 Å². The molecule has 0 amide bonds. The van der Waals surface area contributed by atoms with E-state index < -0.39 is 0 Å². The summed E-state index contributed by atoms with van der Waals surface area (Å²) in [7, 11) is 0. The second kappa shape index (κ2) is 9.50. The molecule has 2 aromatic heterocycles. The molecule has 6 nitrogen and oxygen atoms in total. The highest BCUT2D eigenvalue weighted by atomic mass is 35.5. The quantitative estimate of drug-likeness (QED) is 0.371. The number of nitrogens with one attached hydrogen (secondary N) is 2. The second-order valence-corrected chi connectivity index (χ2v) is 8.21. The Morgan fingerprint density at radius 2 is 1.84 bits per heavy atom. The molecule has 0 radical (unpaired) electrons. The first kappa shape index (κ1) is 22.0. The Bertz CT molecular complexity index is 1230. The van der Waals surface area contributed by atoms with Gasteiger partial charge in [-0.1, -0.05) is 48.0 Å². The van der Waals surface area contributed by atoms with Gasteiger partial charge in [0.2, 0.25) is 0 Å². The molecule has 0 saturated carbocycles. The van der Waals surface area contributed by atoms with Gasteiger partial charge in [-0.05, 0) is 43.8 Å². The summed E-state index contributed by atoms with van der Waals surface area (Å²) in [6, 6.07) is 14.8. The maximum Gasteiger partial charge on any atom is 0.175 e. The van der Waals surface area contributed by atoms with E-state index in [0.29, 0.717) is 27.9 Å². The Labute approximate surface area is 196 Å². The van der Waals surface area contributed by atoms with E-state index in [-0.39, 0.29) is 12.4 Å². The first-order valence-corrected chi connectivity index (χ1v) is 10.8. The number of aryl methyl sites for hydroxylation is 1. The first-order valence-electron chi connectivity index (χ1n) is 10.0. The van der Waals surface area contributed by atoms with E-state index in [1.807, 2.05) is 36.7 Å². The molecule has 2 aromatic carbocycles. The SMILES string of the molecule is Cc1nn(Cc2ccccc2)c(C)c1NC(=S)Nc1cnn(Cc2c(F)cccc2Cl)c1. The predicted octanol–water partition coefficient (Wildman–Crippen LogP) is 5.39. The number of hydrogen-bond donors (Lipinski definition) is 2. The third-order valence-electron chi connectivity index (χ3n) is 5.07. The molecule has 9 heteroatoms. The van der Waals surface area contributed by atoms with Gasteiger partial charge < -0.3 is 10.6 Å². The molecule has 0 bridgehead atoms. The highest BCUT2D eigenvalue weighted by Crippen LogP contribution is 2.22. The molecule has 2 N–H and O–H groups in total. The number of benzene rings is 2. The lowest BCUT2D eigenvalue weighted by atomic mass is 10.2. The molecule has 0 saturated heterocycles. The molecule has 0 unspecified atom stereocenters. The minimum atomic E-state index is -0.363. The maximum absolute atomic E-state index is 14.0. The minimum absolute atomic E-state index is 0.220. The summed E-state index contributed by atoms with van der Waals surface area (Å²) in [5.41, 5.74) is 4.95. The van der Waals surface area contributed by atoms with Crippen LogP contribution in [0.2, 0.25) is 5.02 Å². The van der Waals surface area contributed by atoms with E-state index in [2.05, 4.69) is 33.0 Å². The third-order valence-corrected chi connectivity index (χ3v) is 5.63. The topological polar surface area (TPSA) is 59.7 Å². The van der Waals surface area contributed by atoms with Gasteiger partial charge in [-0.15, -0.1) is 0 Å². The lowest BCUT2D eigenvalue weighted by Gasteiger charge is -2.10. The number of thiocarbonyl (C=S) groups is 1. The highest BCUT2D eigenvalue weighted by molar-refractivity contribution is 7.80. The monoisotopic (exact) mass is 468 g/mol. The maximum atomic E-state index is 14.0. The van der Waals surface area contributed by atoms with E-state index in [4.69, 9.17) is 23.8 Å². The van der Waals surface area contributed by atoms with Gasteiger partial charge >= 0.3 is 0 Å². The van der Waals surface area contributed by atoms with E-state index in [0.717, 1.165) is 17.1 Å². The highest BCUT2D eigenvalue weighted by Gasteiger charge is 2.14. The van der Waals surface area contributed by atoms with Gasteiger partial charge in [0, 0.05) is 16.8 Å². The molecule has 32 heavy (non-hydrogen) atoms. The molecule has 0 aliphatic heterocycles. The lowest BCUT2D eigenvalue weighted by molar-refractivity contribution is 0.585. The average molecular weight is 469 g/mol. The van der Waals surface area contributed by atoms with Crippen LogP contribution in [0.1, 0.15) is 22.5 Å². The van der Waals surface area contributed by atoms with Crippen molar-refractivity contribution in [3.63, 3.8) is 0 Å². The zero-order valence-electron chi connectivity index (χ0n) is 17.6. The Kier molecular flexibility index (Phi) is 6.53. The summed E-state index contributed by atoms with van der Waals surface area (Å²) in [6.07, 6.45) is 3.37. The Morgan fingerprint density at radius 3 is 2.59 bits per heavy atom. The van der Waals surface area contributed by atoms with Crippen LogP contribution in [-0.4, -0.2) is 24.7 Å². The van der Waals surface area contributed by atoms with Crippen LogP contribution in [0, 0.1) is 19.7 Å². The van der Waals surface area contributed by atoms with Crippen molar-refractivity contribution < 1.29 is 4.39 Å². The molecule has 164 valence electrons. The van der Waals surface area contributed by atoms with E-state index in [1.165, 1.54) is 11.6 Å². The van der Waals surface area contributed by atoms with Crippen LogP contribution in [0.3, 0.4) is 0 Å². The van der Waals surface area contributed by atoms with Gasteiger partial charge in [0.05, 0.1) is 42.0 Å². The van der Waals surface area contributed by atoms with Gasteiger partial charge in [0.1, 0.15) is 5.82 Å². The first-order chi connectivity index (χ1) is 15.4. The average Bonchev–Trinajstić information content (AvgIpc) is 3.31. The van der Waals surface area contributed by atoms with Crippen molar-refractivity contribution in [3.8, 4) is 0 Å². The molecule has 0 aliphatic rings. The van der Waals surface area contributed by atoms with Crippen molar-refractivity contribution in [2.24, 2.45) is 0 Å². The van der Waals surface area contributed by atoms with Crippen LogP contribution in [0.5, 0.6) is 0 Å². The predicted molar refractivity (Wildman–Crippen MR) is 130 cm³/mol. The standard InChI is InChI=1S/C23H22ClFN6S/c1-15-22(16(2)31(29-15)12-17-7-4-3-5-8-17)28-23(32)27-18-11-26-30(13-18)14-19-20(24)9-6-10-21(19)25/h3-11,13H,12,14H2,1-2H3,(H2,27,28,32). The molecule has 0 aliphatic carbocycles. The van der Waals surface area contributed by atoms with Gasteiger partial charge in [-0.25, -0.2) is 4.39 Å². The fourth-order valence-electron chi connectivity index (χ4n) is 3.42. The summed E-state index contributed by atoms with van der Waals surface area (Å²) in [4.78, 5) is 0. The fraction of sp³-hybridized carbons (Fsp3) is 0.174.